The molecule has 3 heterocycles. The highest BCUT2D eigenvalue weighted by Crippen LogP contribution is 2.17. The molecule has 2 saturated heterocycles. The van der Waals surface area contributed by atoms with Gasteiger partial charge in [0.15, 0.2) is 5.96 Å². The number of likely N-dealkylation sites (tertiary alicyclic amines) is 1. The number of guanidine groups is 1. The number of rotatable bonds is 6. The van der Waals surface area contributed by atoms with Crippen molar-refractivity contribution in [3.8, 4) is 0 Å². The summed E-state index contributed by atoms with van der Waals surface area (Å²) in [5, 5.41) is 3.65. The van der Waals surface area contributed by atoms with E-state index in [0.717, 1.165) is 44.6 Å². The molecule has 0 bridgehead atoms. The van der Waals surface area contributed by atoms with Crippen molar-refractivity contribution < 1.29 is 0 Å². The monoisotopic (exact) mass is 373 g/mol. The van der Waals surface area contributed by atoms with Crippen molar-refractivity contribution in [1.29, 1.82) is 0 Å². The van der Waals surface area contributed by atoms with Gasteiger partial charge in [-0.25, -0.2) is 9.97 Å². The summed E-state index contributed by atoms with van der Waals surface area (Å²) in [4.78, 5) is 20.6. The summed E-state index contributed by atoms with van der Waals surface area (Å²) in [6, 6.07) is 2.50. The molecule has 0 amide bonds. The highest BCUT2D eigenvalue weighted by Gasteiger charge is 2.24. The van der Waals surface area contributed by atoms with Crippen LogP contribution in [0.5, 0.6) is 0 Å². The third kappa shape index (κ3) is 5.54. The molecule has 2 fully saturated rings. The van der Waals surface area contributed by atoms with E-state index in [-0.39, 0.29) is 0 Å². The van der Waals surface area contributed by atoms with Crippen molar-refractivity contribution in [3.63, 3.8) is 0 Å². The van der Waals surface area contributed by atoms with Crippen molar-refractivity contribution in [3.05, 3.63) is 18.5 Å². The number of piperidine rings is 1. The van der Waals surface area contributed by atoms with Gasteiger partial charge in [0.1, 0.15) is 0 Å². The lowest BCUT2D eigenvalue weighted by atomic mass is 10.0. The summed E-state index contributed by atoms with van der Waals surface area (Å²) in [5.74, 6) is 1.86. The first-order chi connectivity index (χ1) is 13.3. The minimum atomic E-state index is 0.640. The Morgan fingerprint density at radius 1 is 1.15 bits per heavy atom. The second-order valence-electron chi connectivity index (χ2n) is 7.49. The number of aliphatic imine (C=N–C) groups is 1. The third-order valence-electron chi connectivity index (χ3n) is 5.67. The van der Waals surface area contributed by atoms with Gasteiger partial charge in [-0.15, -0.1) is 0 Å². The van der Waals surface area contributed by atoms with Gasteiger partial charge in [0, 0.05) is 58.2 Å². The molecule has 0 aromatic carbocycles. The van der Waals surface area contributed by atoms with E-state index < -0.39 is 0 Å². The number of nitrogens with zero attached hydrogens (tertiary/aromatic N) is 6. The Morgan fingerprint density at radius 3 is 2.63 bits per heavy atom. The van der Waals surface area contributed by atoms with E-state index in [4.69, 9.17) is 0 Å². The van der Waals surface area contributed by atoms with E-state index in [1.807, 2.05) is 25.5 Å². The molecule has 1 unspecified atom stereocenters. The lowest BCUT2D eigenvalue weighted by Gasteiger charge is -2.39. The molecule has 2 aliphatic heterocycles. The molecular formula is C20H35N7. The standard InChI is InChI=1S/C20H35N7/c1-3-4-11-25-12-6-5-8-18(25)17-24-19(21-2)26-13-15-27(16-14-26)20-22-9-7-10-23-20/h7,9-10,18H,3-6,8,11-17H2,1-2H3,(H,21,24). The van der Waals surface area contributed by atoms with Crippen LogP contribution in [0.4, 0.5) is 5.95 Å². The zero-order chi connectivity index (χ0) is 18.9. The van der Waals surface area contributed by atoms with Gasteiger partial charge < -0.3 is 15.1 Å². The Hall–Kier alpha value is -1.89. The van der Waals surface area contributed by atoms with Gasteiger partial charge in [-0.05, 0) is 38.4 Å². The molecule has 150 valence electrons. The topological polar surface area (TPSA) is 59.9 Å². The molecule has 27 heavy (non-hydrogen) atoms. The minimum absolute atomic E-state index is 0.640. The summed E-state index contributed by atoms with van der Waals surface area (Å²) in [6.45, 7) is 9.51. The molecule has 7 heteroatoms. The zero-order valence-electron chi connectivity index (χ0n) is 17.0. The van der Waals surface area contributed by atoms with Gasteiger partial charge >= 0.3 is 0 Å². The predicted molar refractivity (Wildman–Crippen MR) is 111 cm³/mol. The Bertz CT molecular complexity index is 569. The number of unbranched alkanes of at least 4 members (excludes halogenated alkanes) is 1. The van der Waals surface area contributed by atoms with Gasteiger partial charge in [-0.1, -0.05) is 19.8 Å². The number of piperazine rings is 1. The highest BCUT2D eigenvalue weighted by atomic mass is 15.4. The van der Waals surface area contributed by atoms with E-state index in [1.54, 1.807) is 0 Å². The maximum absolute atomic E-state index is 4.54. The SMILES string of the molecule is CCCCN1CCCCC1CNC(=NC)N1CCN(c2ncccn2)CC1. The van der Waals surface area contributed by atoms with Crippen molar-refractivity contribution in [1.82, 2.24) is 25.1 Å². The summed E-state index contributed by atoms with van der Waals surface area (Å²) in [6.07, 6.45) is 10.2. The molecule has 2 aliphatic rings. The smallest absolute Gasteiger partial charge is 0.225 e. The summed E-state index contributed by atoms with van der Waals surface area (Å²) in [5.41, 5.74) is 0. The first kappa shape index (κ1) is 19.9. The molecule has 7 nitrogen and oxygen atoms in total. The van der Waals surface area contributed by atoms with E-state index in [2.05, 4.69) is 41.9 Å². The number of hydrogen-bond acceptors (Lipinski definition) is 5. The van der Waals surface area contributed by atoms with E-state index in [1.165, 1.54) is 45.2 Å². The van der Waals surface area contributed by atoms with Crippen LogP contribution < -0.4 is 10.2 Å². The van der Waals surface area contributed by atoms with Gasteiger partial charge in [0.25, 0.3) is 0 Å². The second kappa shape index (κ2) is 10.4. The normalized spacial score (nSPS) is 22.1. The average molecular weight is 374 g/mol. The summed E-state index contributed by atoms with van der Waals surface area (Å²) < 4.78 is 0. The lowest BCUT2D eigenvalue weighted by Crippen LogP contribution is -2.55. The maximum atomic E-state index is 4.54. The van der Waals surface area contributed by atoms with Gasteiger partial charge in [-0.2, -0.15) is 0 Å². The molecule has 1 aromatic rings. The van der Waals surface area contributed by atoms with Crippen LogP contribution in [0.15, 0.2) is 23.5 Å². The average Bonchev–Trinajstić information content (AvgIpc) is 2.74. The summed E-state index contributed by atoms with van der Waals surface area (Å²) in [7, 11) is 1.89. The Kier molecular flexibility index (Phi) is 7.68. The third-order valence-corrected chi connectivity index (χ3v) is 5.67. The first-order valence-electron chi connectivity index (χ1n) is 10.5. The molecule has 0 saturated carbocycles. The molecule has 0 radical (unpaired) electrons. The first-order valence-corrected chi connectivity index (χ1v) is 10.5. The number of hydrogen-bond donors (Lipinski definition) is 1. The number of aromatic nitrogens is 2. The van der Waals surface area contributed by atoms with Crippen molar-refractivity contribution in [2.45, 2.75) is 45.1 Å². The van der Waals surface area contributed by atoms with Crippen LogP contribution in [-0.4, -0.2) is 84.6 Å². The molecule has 1 aromatic heterocycles. The predicted octanol–water partition coefficient (Wildman–Crippen LogP) is 1.83. The zero-order valence-corrected chi connectivity index (χ0v) is 17.0. The molecule has 1 N–H and O–H groups in total. The molecule has 0 aliphatic carbocycles. The Morgan fingerprint density at radius 2 is 1.93 bits per heavy atom. The molecule has 1 atom stereocenters. The quantitative estimate of drug-likeness (QED) is 0.606. The summed E-state index contributed by atoms with van der Waals surface area (Å²) >= 11 is 0. The van der Waals surface area contributed by atoms with Crippen molar-refractivity contribution >= 4 is 11.9 Å². The number of nitrogens with one attached hydrogen (secondary N) is 1. The molecule has 0 spiro atoms. The molecule has 3 rings (SSSR count). The van der Waals surface area contributed by atoms with Gasteiger partial charge in [-0.3, -0.25) is 9.89 Å². The fraction of sp³-hybridized carbons (Fsp3) is 0.750. The van der Waals surface area contributed by atoms with Crippen molar-refractivity contribution in [2.75, 3.05) is 57.8 Å². The van der Waals surface area contributed by atoms with Crippen LogP contribution in [0.1, 0.15) is 39.0 Å². The largest absolute Gasteiger partial charge is 0.355 e. The second-order valence-corrected chi connectivity index (χ2v) is 7.49. The highest BCUT2D eigenvalue weighted by molar-refractivity contribution is 5.80. The molecular weight excluding hydrogens is 338 g/mol. The fourth-order valence-electron chi connectivity index (χ4n) is 4.06. The fourth-order valence-corrected chi connectivity index (χ4v) is 4.06. The van der Waals surface area contributed by atoms with Crippen LogP contribution in [0, 0.1) is 0 Å². The van der Waals surface area contributed by atoms with E-state index in [9.17, 15) is 0 Å². The van der Waals surface area contributed by atoms with Gasteiger partial charge in [0.2, 0.25) is 5.95 Å². The Balaban J connectivity index is 1.48. The van der Waals surface area contributed by atoms with E-state index in [0.29, 0.717) is 6.04 Å². The number of anilines is 1. The van der Waals surface area contributed by atoms with E-state index >= 15 is 0 Å². The van der Waals surface area contributed by atoms with Crippen LogP contribution in [0.25, 0.3) is 0 Å². The maximum Gasteiger partial charge on any atom is 0.225 e. The van der Waals surface area contributed by atoms with Crippen LogP contribution in [0.2, 0.25) is 0 Å². The van der Waals surface area contributed by atoms with Crippen LogP contribution >= 0.6 is 0 Å². The minimum Gasteiger partial charge on any atom is -0.355 e. The lowest BCUT2D eigenvalue weighted by molar-refractivity contribution is 0.146. The van der Waals surface area contributed by atoms with Crippen LogP contribution in [0.3, 0.4) is 0 Å². The Labute approximate surface area is 163 Å². The van der Waals surface area contributed by atoms with Gasteiger partial charge in [0.05, 0.1) is 0 Å². The van der Waals surface area contributed by atoms with Crippen molar-refractivity contribution in [2.24, 2.45) is 4.99 Å². The van der Waals surface area contributed by atoms with Crippen LogP contribution in [-0.2, 0) is 0 Å².